The molecule has 2 aromatic rings. The molecule has 3 rings (SSSR count). The van der Waals surface area contributed by atoms with Crippen molar-refractivity contribution in [2.45, 2.75) is 32.1 Å². The lowest BCUT2D eigenvalue weighted by Crippen LogP contribution is -2.40. The predicted molar refractivity (Wildman–Crippen MR) is 82.8 cm³/mol. The van der Waals surface area contributed by atoms with E-state index in [4.69, 9.17) is 0 Å². The zero-order chi connectivity index (χ0) is 17.5. The molecule has 0 N–H and O–H groups in total. The molecule has 1 atom stereocenters. The number of carbonyl (C=O) groups is 1. The molecule has 4 nitrogen and oxygen atoms in total. The Balaban J connectivity index is 1.90. The van der Waals surface area contributed by atoms with Crippen LogP contribution in [0.5, 0.6) is 0 Å². The summed E-state index contributed by atoms with van der Waals surface area (Å²) in [7, 11) is 0. The molecule has 0 spiro atoms. The highest BCUT2D eigenvalue weighted by Crippen LogP contribution is 2.32. The monoisotopic (exact) mass is 336 g/mol. The third-order valence-corrected chi connectivity index (χ3v) is 4.09. The Labute approximate surface area is 136 Å². The third-order valence-electron chi connectivity index (χ3n) is 4.09. The van der Waals surface area contributed by atoms with Crippen LogP contribution < -0.4 is 10.5 Å². The van der Waals surface area contributed by atoms with Gasteiger partial charge in [0.2, 0.25) is 5.91 Å². The number of fused-ring (bicyclic) bond motifs is 1. The number of aromatic nitrogens is 1. The van der Waals surface area contributed by atoms with Crippen molar-refractivity contribution in [3.8, 4) is 0 Å². The normalized spacial score (nSPS) is 17.0. The van der Waals surface area contributed by atoms with Crippen LogP contribution in [0, 0.1) is 0 Å². The Hall–Kier alpha value is -2.57. The zero-order valence-corrected chi connectivity index (χ0v) is 12.9. The van der Waals surface area contributed by atoms with Gasteiger partial charge in [-0.05, 0) is 31.0 Å². The minimum atomic E-state index is -4.56. The van der Waals surface area contributed by atoms with Gasteiger partial charge in [-0.25, -0.2) is 0 Å². The van der Waals surface area contributed by atoms with Gasteiger partial charge in [0.05, 0.1) is 5.56 Å². The van der Waals surface area contributed by atoms with Gasteiger partial charge >= 0.3 is 6.18 Å². The van der Waals surface area contributed by atoms with E-state index in [0.717, 1.165) is 28.0 Å². The van der Waals surface area contributed by atoms with Crippen molar-refractivity contribution < 1.29 is 18.0 Å². The van der Waals surface area contributed by atoms with Gasteiger partial charge in [0.1, 0.15) is 6.54 Å². The second-order valence-corrected chi connectivity index (χ2v) is 5.83. The number of amides is 1. The zero-order valence-electron chi connectivity index (χ0n) is 12.9. The molecule has 24 heavy (non-hydrogen) atoms. The van der Waals surface area contributed by atoms with Gasteiger partial charge in [0.25, 0.3) is 5.56 Å². The first-order chi connectivity index (χ1) is 11.3. The van der Waals surface area contributed by atoms with Crippen LogP contribution in [0.25, 0.3) is 0 Å². The van der Waals surface area contributed by atoms with Crippen LogP contribution in [0.4, 0.5) is 18.9 Å². The number of nitrogens with zero attached hydrogens (tertiary/aromatic N) is 2. The molecule has 0 saturated heterocycles. The average molecular weight is 336 g/mol. The Morgan fingerprint density at radius 1 is 1.21 bits per heavy atom. The van der Waals surface area contributed by atoms with Crippen molar-refractivity contribution in [3.05, 3.63) is 64.1 Å². The summed E-state index contributed by atoms with van der Waals surface area (Å²) in [5.41, 5.74) is 0.158. The van der Waals surface area contributed by atoms with Gasteiger partial charge in [-0.2, -0.15) is 13.2 Å². The standard InChI is InChI=1S/C17H15F3N2O2/c1-11-8-12-4-2-3-5-14(12)22(11)16(24)10-21-9-13(17(18,19)20)6-7-15(21)23/h2-7,9,11H,8,10H2,1H3. The second-order valence-electron chi connectivity index (χ2n) is 5.83. The van der Waals surface area contributed by atoms with Crippen LogP contribution in [0.3, 0.4) is 0 Å². The lowest BCUT2D eigenvalue weighted by atomic mass is 10.1. The molecular weight excluding hydrogens is 321 g/mol. The number of anilines is 1. The van der Waals surface area contributed by atoms with Gasteiger partial charge in [-0.1, -0.05) is 18.2 Å². The maximum absolute atomic E-state index is 12.8. The summed E-state index contributed by atoms with van der Waals surface area (Å²) in [6, 6.07) is 8.83. The van der Waals surface area contributed by atoms with Crippen LogP contribution in [0.15, 0.2) is 47.4 Å². The van der Waals surface area contributed by atoms with Gasteiger partial charge in [0, 0.05) is 24.0 Å². The topological polar surface area (TPSA) is 42.3 Å². The number of rotatable bonds is 2. The highest BCUT2D eigenvalue weighted by molar-refractivity contribution is 5.96. The molecule has 7 heteroatoms. The summed E-state index contributed by atoms with van der Waals surface area (Å²) in [4.78, 5) is 25.9. The highest BCUT2D eigenvalue weighted by atomic mass is 19.4. The van der Waals surface area contributed by atoms with Gasteiger partial charge in [-0.15, -0.1) is 0 Å². The quantitative estimate of drug-likeness (QED) is 0.846. The van der Waals surface area contributed by atoms with E-state index in [2.05, 4.69) is 0 Å². The lowest BCUT2D eigenvalue weighted by Gasteiger charge is -2.23. The highest BCUT2D eigenvalue weighted by Gasteiger charge is 2.33. The molecule has 1 aromatic carbocycles. The summed E-state index contributed by atoms with van der Waals surface area (Å²) >= 11 is 0. The number of halogens is 3. The Morgan fingerprint density at radius 3 is 2.62 bits per heavy atom. The molecule has 0 saturated carbocycles. The summed E-state index contributed by atoms with van der Waals surface area (Å²) < 4.78 is 39.2. The molecule has 0 radical (unpaired) electrons. The summed E-state index contributed by atoms with van der Waals surface area (Å²) in [6.45, 7) is 1.44. The molecule has 126 valence electrons. The minimum absolute atomic E-state index is 0.101. The Bertz CT molecular complexity index is 842. The fourth-order valence-corrected chi connectivity index (χ4v) is 2.99. The predicted octanol–water partition coefficient (Wildman–Crippen LogP) is 2.84. The number of pyridine rings is 1. The molecular formula is C17H15F3N2O2. The minimum Gasteiger partial charge on any atom is -0.307 e. The van der Waals surface area contributed by atoms with Crippen LogP contribution >= 0.6 is 0 Å². The first kappa shape index (κ1) is 16.3. The van der Waals surface area contributed by atoms with Crippen molar-refractivity contribution in [1.82, 2.24) is 4.57 Å². The van der Waals surface area contributed by atoms with Crippen LogP contribution in [0.2, 0.25) is 0 Å². The third kappa shape index (κ3) is 2.93. The molecule has 1 amide bonds. The van der Waals surface area contributed by atoms with E-state index in [-0.39, 0.29) is 6.04 Å². The van der Waals surface area contributed by atoms with Crippen LogP contribution in [-0.2, 0) is 23.9 Å². The van der Waals surface area contributed by atoms with E-state index in [1.54, 1.807) is 17.0 Å². The van der Waals surface area contributed by atoms with Crippen molar-refractivity contribution in [1.29, 1.82) is 0 Å². The van der Waals surface area contributed by atoms with Crippen molar-refractivity contribution in [2.24, 2.45) is 0 Å². The van der Waals surface area contributed by atoms with E-state index < -0.39 is 29.8 Å². The molecule has 1 unspecified atom stereocenters. The SMILES string of the molecule is CC1Cc2ccccc2N1C(=O)Cn1cc(C(F)(F)F)ccc1=O. The number of carbonyl (C=O) groups excluding carboxylic acids is 1. The van der Waals surface area contributed by atoms with Crippen molar-refractivity contribution in [3.63, 3.8) is 0 Å². The Morgan fingerprint density at radius 2 is 1.92 bits per heavy atom. The van der Waals surface area contributed by atoms with E-state index in [1.807, 2.05) is 19.1 Å². The first-order valence-corrected chi connectivity index (χ1v) is 7.45. The maximum atomic E-state index is 12.8. The molecule has 1 aliphatic rings. The van der Waals surface area contributed by atoms with Crippen molar-refractivity contribution >= 4 is 11.6 Å². The summed E-state index contributed by atoms with van der Waals surface area (Å²) in [6.07, 6.45) is -3.20. The largest absolute Gasteiger partial charge is 0.417 e. The fourth-order valence-electron chi connectivity index (χ4n) is 2.99. The summed E-state index contributed by atoms with van der Waals surface area (Å²) in [5, 5.41) is 0. The smallest absolute Gasteiger partial charge is 0.307 e. The first-order valence-electron chi connectivity index (χ1n) is 7.45. The molecule has 0 bridgehead atoms. The Kier molecular flexibility index (Phi) is 3.95. The van der Waals surface area contributed by atoms with E-state index in [9.17, 15) is 22.8 Å². The average Bonchev–Trinajstić information content (AvgIpc) is 2.84. The molecule has 2 heterocycles. The number of benzene rings is 1. The van der Waals surface area contributed by atoms with Crippen LogP contribution in [0.1, 0.15) is 18.1 Å². The van der Waals surface area contributed by atoms with E-state index in [1.165, 1.54) is 0 Å². The van der Waals surface area contributed by atoms with Crippen molar-refractivity contribution in [2.75, 3.05) is 4.90 Å². The molecule has 1 aliphatic heterocycles. The van der Waals surface area contributed by atoms with E-state index in [0.29, 0.717) is 12.6 Å². The number of alkyl halides is 3. The second kappa shape index (κ2) is 5.81. The van der Waals surface area contributed by atoms with E-state index >= 15 is 0 Å². The summed E-state index contributed by atoms with van der Waals surface area (Å²) in [5.74, 6) is -0.408. The maximum Gasteiger partial charge on any atom is 0.417 e. The molecule has 0 fully saturated rings. The number of hydrogen-bond donors (Lipinski definition) is 0. The number of para-hydroxylation sites is 1. The number of hydrogen-bond acceptors (Lipinski definition) is 2. The van der Waals surface area contributed by atoms with Gasteiger partial charge in [-0.3, -0.25) is 9.59 Å². The lowest BCUT2D eigenvalue weighted by molar-refractivity contribution is -0.138. The van der Waals surface area contributed by atoms with Gasteiger partial charge in [0.15, 0.2) is 0 Å². The fraction of sp³-hybridized carbons (Fsp3) is 0.294. The molecule has 0 aliphatic carbocycles. The van der Waals surface area contributed by atoms with Gasteiger partial charge < -0.3 is 9.47 Å². The van der Waals surface area contributed by atoms with Crippen LogP contribution in [-0.4, -0.2) is 16.5 Å². The molecule has 1 aromatic heterocycles.